The largest absolute Gasteiger partial charge is 0.295 e. The fourth-order valence-corrected chi connectivity index (χ4v) is 1.09. The van der Waals surface area contributed by atoms with E-state index >= 15 is 0 Å². The van der Waals surface area contributed by atoms with Crippen molar-refractivity contribution in [1.82, 2.24) is 4.90 Å². The van der Waals surface area contributed by atoms with Crippen molar-refractivity contribution in [3.8, 4) is 0 Å². The smallest absolute Gasteiger partial charge is 0.240 e. The zero-order valence-electron chi connectivity index (χ0n) is 7.00. The molecule has 0 aromatic heterocycles. The van der Waals surface area contributed by atoms with Crippen molar-refractivity contribution in [2.75, 3.05) is 0 Å². The van der Waals surface area contributed by atoms with Gasteiger partial charge in [-0.25, -0.2) is 0 Å². The standard InChI is InChI=1S/C9H13NO/c1-4-9(3)6-7-10(5-2)8(9)11/h5-7H,2,4H2,1,3H3. The normalized spacial score (nSPS) is 29.6. The third-order valence-corrected chi connectivity index (χ3v) is 2.26. The molecule has 0 saturated carbocycles. The second kappa shape index (κ2) is 2.53. The van der Waals surface area contributed by atoms with Crippen molar-refractivity contribution >= 4 is 5.91 Å². The summed E-state index contributed by atoms with van der Waals surface area (Å²) in [7, 11) is 0. The molecule has 0 N–H and O–H groups in total. The van der Waals surface area contributed by atoms with Crippen molar-refractivity contribution in [3.05, 3.63) is 25.1 Å². The second-order valence-electron chi connectivity index (χ2n) is 2.98. The number of carbonyl (C=O) groups excluding carboxylic acids is 1. The maximum absolute atomic E-state index is 11.5. The monoisotopic (exact) mass is 151 g/mol. The van der Waals surface area contributed by atoms with Crippen molar-refractivity contribution in [2.45, 2.75) is 20.3 Å². The molecule has 11 heavy (non-hydrogen) atoms. The fraction of sp³-hybridized carbons (Fsp3) is 0.444. The van der Waals surface area contributed by atoms with Crippen LogP contribution in [0.25, 0.3) is 0 Å². The molecule has 1 unspecified atom stereocenters. The molecule has 0 aromatic carbocycles. The zero-order valence-corrected chi connectivity index (χ0v) is 7.00. The maximum Gasteiger partial charge on any atom is 0.240 e. The van der Waals surface area contributed by atoms with E-state index in [0.29, 0.717) is 0 Å². The van der Waals surface area contributed by atoms with Crippen LogP contribution in [-0.2, 0) is 4.79 Å². The lowest BCUT2D eigenvalue weighted by molar-refractivity contribution is -0.132. The molecule has 0 spiro atoms. The lowest BCUT2D eigenvalue weighted by atomic mass is 9.88. The van der Waals surface area contributed by atoms with Gasteiger partial charge in [0.1, 0.15) is 0 Å². The van der Waals surface area contributed by atoms with Crippen molar-refractivity contribution in [3.63, 3.8) is 0 Å². The van der Waals surface area contributed by atoms with E-state index in [0.717, 1.165) is 6.42 Å². The molecule has 60 valence electrons. The number of hydrogen-bond acceptors (Lipinski definition) is 1. The minimum absolute atomic E-state index is 0.120. The van der Waals surface area contributed by atoms with Crippen LogP contribution in [-0.4, -0.2) is 10.8 Å². The van der Waals surface area contributed by atoms with Crippen molar-refractivity contribution < 1.29 is 4.79 Å². The highest BCUT2D eigenvalue weighted by Crippen LogP contribution is 2.31. The predicted octanol–water partition coefficient (Wildman–Crippen LogP) is 1.90. The summed E-state index contributed by atoms with van der Waals surface area (Å²) in [4.78, 5) is 13.0. The Morgan fingerprint density at radius 2 is 2.45 bits per heavy atom. The van der Waals surface area contributed by atoms with Gasteiger partial charge in [0.2, 0.25) is 5.91 Å². The molecule has 0 radical (unpaired) electrons. The average molecular weight is 151 g/mol. The third kappa shape index (κ3) is 1.09. The molecule has 1 aliphatic rings. The van der Waals surface area contributed by atoms with Gasteiger partial charge in [0.25, 0.3) is 0 Å². The molecule has 0 fully saturated rings. The Labute approximate surface area is 67.2 Å². The van der Waals surface area contributed by atoms with E-state index in [4.69, 9.17) is 0 Å². The van der Waals surface area contributed by atoms with Gasteiger partial charge in [-0.3, -0.25) is 9.69 Å². The Morgan fingerprint density at radius 3 is 2.73 bits per heavy atom. The van der Waals surface area contributed by atoms with Gasteiger partial charge in [-0.1, -0.05) is 19.6 Å². The second-order valence-corrected chi connectivity index (χ2v) is 2.98. The van der Waals surface area contributed by atoms with Crippen LogP contribution >= 0.6 is 0 Å². The summed E-state index contributed by atoms with van der Waals surface area (Å²) < 4.78 is 0. The Hall–Kier alpha value is -1.05. The van der Waals surface area contributed by atoms with Gasteiger partial charge < -0.3 is 0 Å². The lowest BCUT2D eigenvalue weighted by Gasteiger charge is -2.19. The average Bonchev–Trinajstić information content (AvgIpc) is 2.31. The summed E-state index contributed by atoms with van der Waals surface area (Å²) in [5.41, 5.74) is -0.297. The van der Waals surface area contributed by atoms with Gasteiger partial charge in [0.15, 0.2) is 0 Å². The lowest BCUT2D eigenvalue weighted by Crippen LogP contribution is -2.29. The fourth-order valence-electron chi connectivity index (χ4n) is 1.09. The van der Waals surface area contributed by atoms with E-state index < -0.39 is 0 Å². The Morgan fingerprint density at radius 1 is 1.82 bits per heavy atom. The number of amides is 1. The summed E-state index contributed by atoms with van der Waals surface area (Å²) >= 11 is 0. The molecule has 1 amide bonds. The van der Waals surface area contributed by atoms with Crippen LogP contribution in [0.3, 0.4) is 0 Å². The molecule has 0 aromatic rings. The first kappa shape index (κ1) is 8.05. The van der Waals surface area contributed by atoms with E-state index in [-0.39, 0.29) is 11.3 Å². The van der Waals surface area contributed by atoms with Crippen LogP contribution in [0.15, 0.2) is 25.1 Å². The quantitative estimate of drug-likeness (QED) is 0.590. The maximum atomic E-state index is 11.5. The minimum Gasteiger partial charge on any atom is -0.295 e. The minimum atomic E-state index is -0.297. The summed E-state index contributed by atoms with van der Waals surface area (Å²) in [5.74, 6) is 0.120. The van der Waals surface area contributed by atoms with Gasteiger partial charge in [-0.15, -0.1) is 0 Å². The zero-order chi connectivity index (χ0) is 8.48. The molecular formula is C9H13NO. The van der Waals surface area contributed by atoms with E-state index in [1.165, 1.54) is 4.90 Å². The van der Waals surface area contributed by atoms with Gasteiger partial charge in [-0.2, -0.15) is 0 Å². The summed E-state index contributed by atoms with van der Waals surface area (Å²) in [6.07, 6.45) is 6.09. The van der Waals surface area contributed by atoms with Crippen LogP contribution in [0.4, 0.5) is 0 Å². The Kier molecular flexibility index (Phi) is 1.85. The Balaban J connectivity index is 2.86. The van der Waals surface area contributed by atoms with Crippen molar-refractivity contribution in [2.24, 2.45) is 5.41 Å². The number of rotatable bonds is 2. The van der Waals surface area contributed by atoms with Crippen LogP contribution in [0, 0.1) is 5.41 Å². The molecule has 1 heterocycles. The van der Waals surface area contributed by atoms with E-state index in [1.54, 1.807) is 12.4 Å². The van der Waals surface area contributed by atoms with Gasteiger partial charge in [-0.05, 0) is 13.3 Å². The third-order valence-electron chi connectivity index (χ3n) is 2.26. The SMILES string of the molecule is C=CN1C=CC(C)(CC)C1=O. The van der Waals surface area contributed by atoms with Gasteiger partial charge in [0, 0.05) is 12.4 Å². The first-order chi connectivity index (χ1) is 5.14. The molecule has 1 aliphatic heterocycles. The highest BCUT2D eigenvalue weighted by Gasteiger charge is 2.35. The number of nitrogens with zero attached hydrogens (tertiary/aromatic N) is 1. The predicted molar refractivity (Wildman–Crippen MR) is 44.6 cm³/mol. The van der Waals surface area contributed by atoms with Crippen LogP contribution in [0.2, 0.25) is 0 Å². The first-order valence-electron chi connectivity index (χ1n) is 3.79. The summed E-state index contributed by atoms with van der Waals surface area (Å²) in [5, 5.41) is 0. The van der Waals surface area contributed by atoms with Crippen LogP contribution in [0.1, 0.15) is 20.3 Å². The molecule has 1 rings (SSSR count). The molecule has 1 atom stereocenters. The Bertz CT molecular complexity index is 220. The molecular weight excluding hydrogens is 138 g/mol. The summed E-state index contributed by atoms with van der Waals surface area (Å²) in [6, 6.07) is 0. The first-order valence-corrected chi connectivity index (χ1v) is 3.79. The highest BCUT2D eigenvalue weighted by atomic mass is 16.2. The molecule has 2 heteroatoms. The van der Waals surface area contributed by atoms with Crippen LogP contribution < -0.4 is 0 Å². The van der Waals surface area contributed by atoms with Gasteiger partial charge >= 0.3 is 0 Å². The van der Waals surface area contributed by atoms with Crippen LogP contribution in [0.5, 0.6) is 0 Å². The molecule has 0 saturated heterocycles. The highest BCUT2D eigenvalue weighted by molar-refractivity contribution is 5.88. The topological polar surface area (TPSA) is 20.3 Å². The molecule has 0 aliphatic carbocycles. The number of hydrogen-bond donors (Lipinski definition) is 0. The molecule has 0 bridgehead atoms. The van der Waals surface area contributed by atoms with Gasteiger partial charge in [0.05, 0.1) is 5.41 Å². The molecule has 2 nitrogen and oxygen atoms in total. The van der Waals surface area contributed by atoms with E-state index in [9.17, 15) is 4.79 Å². The van der Waals surface area contributed by atoms with E-state index in [1.807, 2.05) is 19.9 Å². The van der Waals surface area contributed by atoms with E-state index in [2.05, 4.69) is 6.58 Å². The number of carbonyl (C=O) groups is 1. The van der Waals surface area contributed by atoms with Crippen molar-refractivity contribution in [1.29, 1.82) is 0 Å². The summed E-state index contributed by atoms with van der Waals surface area (Å²) in [6.45, 7) is 7.50.